The van der Waals surface area contributed by atoms with Gasteiger partial charge >= 0.3 is 7.12 Å². The summed E-state index contributed by atoms with van der Waals surface area (Å²) >= 11 is 5.81. The molecule has 0 spiro atoms. The predicted octanol–water partition coefficient (Wildman–Crippen LogP) is -0.165. The van der Waals surface area contributed by atoms with Crippen LogP contribution in [0, 0.1) is 22.7 Å². The molecule has 0 saturated carbocycles. The van der Waals surface area contributed by atoms with Crippen molar-refractivity contribution < 1.29 is 10.0 Å². The van der Waals surface area contributed by atoms with Crippen LogP contribution in [0.5, 0.6) is 0 Å². The average Bonchev–Trinajstić information content (AvgIpc) is 2.32. The Kier molecular flexibility index (Phi) is 4.50. The summed E-state index contributed by atoms with van der Waals surface area (Å²) in [7, 11) is -1.64. The molecule has 0 atom stereocenters. The van der Waals surface area contributed by atoms with Crippen LogP contribution in [-0.2, 0) is 0 Å². The van der Waals surface area contributed by atoms with Gasteiger partial charge in [-0.25, -0.2) is 0 Å². The standard InChI is InChI=1S/C9H6BClN4O2/c11-8-2-1-6(10(16)17)3-9(8)15-14-7(4-12)5-13/h1-3,15-17H. The Morgan fingerprint density at radius 3 is 2.53 bits per heavy atom. The lowest BCUT2D eigenvalue weighted by atomic mass is 9.80. The molecule has 8 heteroatoms. The van der Waals surface area contributed by atoms with Gasteiger partial charge in [-0.2, -0.15) is 15.6 Å². The lowest BCUT2D eigenvalue weighted by molar-refractivity contribution is 0.426. The summed E-state index contributed by atoms with van der Waals surface area (Å²) in [5.41, 5.74) is 2.51. The molecule has 3 N–H and O–H groups in total. The molecule has 0 aliphatic rings. The fourth-order valence-electron chi connectivity index (χ4n) is 0.980. The van der Waals surface area contributed by atoms with Crippen LogP contribution in [0.25, 0.3) is 0 Å². The van der Waals surface area contributed by atoms with E-state index in [1.54, 1.807) is 12.1 Å². The molecule has 0 aliphatic heterocycles. The highest BCUT2D eigenvalue weighted by Crippen LogP contribution is 2.19. The van der Waals surface area contributed by atoms with Gasteiger partial charge in [0.15, 0.2) is 0 Å². The monoisotopic (exact) mass is 248 g/mol. The van der Waals surface area contributed by atoms with Crippen LogP contribution in [0.2, 0.25) is 5.02 Å². The first-order valence-corrected chi connectivity index (χ1v) is 4.75. The quantitative estimate of drug-likeness (QED) is 0.391. The molecular formula is C9H6BClN4O2. The van der Waals surface area contributed by atoms with E-state index in [-0.39, 0.29) is 21.9 Å². The van der Waals surface area contributed by atoms with E-state index in [1.807, 2.05) is 0 Å². The number of nitrogens with one attached hydrogen (secondary N) is 1. The number of halogens is 1. The minimum absolute atomic E-state index is 0.211. The second kappa shape index (κ2) is 5.87. The average molecular weight is 248 g/mol. The van der Waals surface area contributed by atoms with Crippen molar-refractivity contribution in [2.24, 2.45) is 5.10 Å². The van der Waals surface area contributed by atoms with E-state index in [0.29, 0.717) is 0 Å². The number of benzene rings is 1. The van der Waals surface area contributed by atoms with Gasteiger partial charge in [0.1, 0.15) is 12.1 Å². The molecule has 0 aliphatic carbocycles. The molecule has 0 aromatic heterocycles. The first-order chi connectivity index (χ1) is 8.08. The highest BCUT2D eigenvalue weighted by atomic mass is 35.5. The van der Waals surface area contributed by atoms with Crippen molar-refractivity contribution in [3.05, 3.63) is 23.2 Å². The van der Waals surface area contributed by atoms with E-state index in [4.69, 9.17) is 32.2 Å². The molecule has 0 unspecified atom stereocenters. The van der Waals surface area contributed by atoms with E-state index in [1.165, 1.54) is 18.2 Å². The van der Waals surface area contributed by atoms with Crippen LogP contribution >= 0.6 is 11.6 Å². The maximum Gasteiger partial charge on any atom is 0.488 e. The van der Waals surface area contributed by atoms with Crippen LogP contribution in [0.4, 0.5) is 5.69 Å². The molecular weight excluding hydrogens is 242 g/mol. The van der Waals surface area contributed by atoms with Crippen molar-refractivity contribution in [1.29, 1.82) is 10.5 Å². The largest absolute Gasteiger partial charge is 0.488 e. The molecule has 1 rings (SSSR count). The van der Waals surface area contributed by atoms with Crippen molar-refractivity contribution in [2.45, 2.75) is 0 Å². The Morgan fingerprint density at radius 2 is 2.00 bits per heavy atom. The fraction of sp³-hybridized carbons (Fsp3) is 0. The molecule has 0 bridgehead atoms. The summed E-state index contributed by atoms with van der Waals surface area (Å²) < 4.78 is 0. The molecule has 1 aromatic rings. The summed E-state index contributed by atoms with van der Waals surface area (Å²) in [6, 6.07) is 7.34. The van der Waals surface area contributed by atoms with Gasteiger partial charge in [-0.15, -0.1) is 0 Å². The Hall–Kier alpha value is -2.06. The van der Waals surface area contributed by atoms with Crippen LogP contribution in [0.1, 0.15) is 0 Å². The molecule has 0 fully saturated rings. The van der Waals surface area contributed by atoms with Crippen molar-refractivity contribution in [1.82, 2.24) is 0 Å². The third-order valence-corrected chi connectivity index (χ3v) is 2.12. The molecule has 6 nitrogen and oxygen atoms in total. The van der Waals surface area contributed by atoms with Gasteiger partial charge in [-0.05, 0) is 17.6 Å². The minimum atomic E-state index is -1.64. The summed E-state index contributed by atoms with van der Waals surface area (Å²) in [6.07, 6.45) is 0. The topological polar surface area (TPSA) is 112 Å². The van der Waals surface area contributed by atoms with Crippen LogP contribution in [-0.4, -0.2) is 22.9 Å². The number of rotatable bonds is 3. The molecule has 84 valence electrons. The van der Waals surface area contributed by atoms with Gasteiger partial charge in [-0.1, -0.05) is 17.7 Å². The SMILES string of the molecule is N#CC(C#N)=NNc1cc(B(O)O)ccc1Cl. The number of hydrogen-bond donors (Lipinski definition) is 3. The van der Waals surface area contributed by atoms with Crippen LogP contribution in [0.15, 0.2) is 23.3 Å². The van der Waals surface area contributed by atoms with Crippen molar-refractivity contribution in [3.63, 3.8) is 0 Å². The number of hydrogen-bond acceptors (Lipinski definition) is 6. The number of anilines is 1. The van der Waals surface area contributed by atoms with Crippen molar-refractivity contribution in [3.8, 4) is 12.1 Å². The first kappa shape index (κ1) is 13.0. The maximum absolute atomic E-state index is 8.95. The highest BCUT2D eigenvalue weighted by molar-refractivity contribution is 6.58. The predicted molar refractivity (Wildman–Crippen MR) is 63.6 cm³/mol. The van der Waals surface area contributed by atoms with E-state index in [9.17, 15) is 0 Å². The second-order valence-electron chi connectivity index (χ2n) is 2.91. The van der Waals surface area contributed by atoms with Crippen LogP contribution in [0.3, 0.4) is 0 Å². The molecule has 17 heavy (non-hydrogen) atoms. The molecule has 0 saturated heterocycles. The number of nitriles is 2. The Morgan fingerprint density at radius 1 is 1.35 bits per heavy atom. The zero-order chi connectivity index (χ0) is 12.8. The fourth-order valence-corrected chi connectivity index (χ4v) is 1.14. The van der Waals surface area contributed by atoms with E-state index in [2.05, 4.69) is 10.5 Å². The summed E-state index contributed by atoms with van der Waals surface area (Å²) in [5.74, 6) is 0. The summed E-state index contributed by atoms with van der Waals surface area (Å²) in [6.45, 7) is 0. The van der Waals surface area contributed by atoms with E-state index in [0.717, 1.165) is 0 Å². The number of hydrazone groups is 1. The van der Waals surface area contributed by atoms with E-state index >= 15 is 0 Å². The van der Waals surface area contributed by atoms with Gasteiger partial charge in [0, 0.05) is 0 Å². The van der Waals surface area contributed by atoms with Crippen LogP contribution < -0.4 is 10.9 Å². The lowest BCUT2D eigenvalue weighted by Gasteiger charge is -2.05. The Labute approximate surface area is 103 Å². The van der Waals surface area contributed by atoms with Gasteiger partial charge < -0.3 is 10.0 Å². The van der Waals surface area contributed by atoms with Gasteiger partial charge in [-0.3, -0.25) is 5.43 Å². The van der Waals surface area contributed by atoms with Gasteiger partial charge in [0.25, 0.3) is 0 Å². The van der Waals surface area contributed by atoms with Gasteiger partial charge in [0.05, 0.1) is 10.7 Å². The summed E-state index contributed by atoms with van der Waals surface area (Å²) in [4.78, 5) is 0. The first-order valence-electron chi connectivity index (χ1n) is 4.38. The number of nitrogens with zero attached hydrogens (tertiary/aromatic N) is 3. The second-order valence-corrected chi connectivity index (χ2v) is 3.32. The maximum atomic E-state index is 8.95. The zero-order valence-corrected chi connectivity index (χ0v) is 9.18. The Balaban J connectivity index is 3.00. The third-order valence-electron chi connectivity index (χ3n) is 1.79. The van der Waals surface area contributed by atoms with Gasteiger partial charge in [0.2, 0.25) is 5.71 Å². The minimum Gasteiger partial charge on any atom is -0.423 e. The molecule has 0 heterocycles. The molecule has 1 aromatic carbocycles. The summed E-state index contributed by atoms with van der Waals surface area (Å²) in [5, 5.41) is 38.6. The van der Waals surface area contributed by atoms with E-state index < -0.39 is 7.12 Å². The molecule has 0 radical (unpaired) electrons. The lowest BCUT2D eigenvalue weighted by Crippen LogP contribution is -2.29. The van der Waals surface area contributed by atoms with Crippen molar-refractivity contribution >= 4 is 35.6 Å². The zero-order valence-electron chi connectivity index (χ0n) is 8.42. The Bertz CT molecular complexity index is 517. The van der Waals surface area contributed by atoms with Crippen molar-refractivity contribution in [2.75, 3.05) is 5.43 Å². The smallest absolute Gasteiger partial charge is 0.423 e. The normalized spacial score (nSPS) is 8.76. The third kappa shape index (κ3) is 3.47. The molecule has 0 amide bonds. The highest BCUT2D eigenvalue weighted by Gasteiger charge is 2.12.